The first kappa shape index (κ1) is 22.4. The lowest BCUT2D eigenvalue weighted by Gasteiger charge is -2.48. The van der Waals surface area contributed by atoms with E-state index in [4.69, 9.17) is 5.73 Å². The molecule has 2 aliphatic rings. The van der Waals surface area contributed by atoms with Crippen molar-refractivity contribution in [2.24, 2.45) is 5.73 Å². The molecule has 0 aromatic carbocycles. The molecule has 0 saturated carbocycles. The van der Waals surface area contributed by atoms with Gasteiger partial charge in [0.15, 0.2) is 5.13 Å². The number of carbonyl (C=O) groups is 1. The Morgan fingerprint density at radius 2 is 2.03 bits per heavy atom. The number of hydrogen-bond acceptors (Lipinski definition) is 9. The second-order valence-electron chi connectivity index (χ2n) is 8.92. The number of rotatable bonds is 5. The lowest BCUT2D eigenvalue weighted by molar-refractivity contribution is 0.0242. The Hall–Kier alpha value is -2.40. The number of nitrogens with zero attached hydrogens (tertiary/aromatic N) is 4. The fourth-order valence-electron chi connectivity index (χ4n) is 4.88. The molecule has 0 radical (unpaired) electrons. The molecule has 2 saturated heterocycles. The summed E-state index contributed by atoms with van der Waals surface area (Å²) in [4.78, 5) is 29.8. The average molecular weight is 485 g/mol. The molecule has 0 aliphatic carbocycles. The third-order valence-corrected chi connectivity index (χ3v) is 8.51. The molecule has 0 spiro atoms. The number of anilines is 2. The Morgan fingerprint density at radius 1 is 1.27 bits per heavy atom. The summed E-state index contributed by atoms with van der Waals surface area (Å²) >= 11 is 2.93. The summed E-state index contributed by atoms with van der Waals surface area (Å²) in [6.45, 7) is 3.63. The van der Waals surface area contributed by atoms with Crippen LogP contribution in [-0.4, -0.2) is 49.0 Å². The van der Waals surface area contributed by atoms with Crippen LogP contribution in [0.15, 0.2) is 23.7 Å². The van der Waals surface area contributed by atoms with E-state index in [2.05, 4.69) is 25.2 Å². The predicted octanol–water partition coefficient (Wildman–Crippen LogP) is 4.25. The molecule has 1 amide bonds. The van der Waals surface area contributed by atoms with Gasteiger partial charge in [0.1, 0.15) is 16.9 Å². The van der Waals surface area contributed by atoms with E-state index in [-0.39, 0.29) is 24.0 Å². The number of amides is 1. The average Bonchev–Trinajstić information content (AvgIpc) is 3.39. The largest absolute Gasteiger partial charge is 0.386 e. The Bertz CT molecular complexity index is 1130. The molecular formula is C23H28N6O2S2. The highest BCUT2D eigenvalue weighted by Gasteiger charge is 2.40. The predicted molar refractivity (Wildman–Crippen MR) is 131 cm³/mol. The van der Waals surface area contributed by atoms with Gasteiger partial charge in [-0.05, 0) is 58.1 Å². The summed E-state index contributed by atoms with van der Waals surface area (Å²) in [5.74, 6) is 0.695. The minimum atomic E-state index is -0.592. The summed E-state index contributed by atoms with van der Waals surface area (Å²) in [5.41, 5.74) is 8.50. The summed E-state index contributed by atoms with van der Waals surface area (Å²) in [5, 5.41) is 16.4. The van der Waals surface area contributed by atoms with Gasteiger partial charge in [-0.1, -0.05) is 0 Å². The standard InChI is InChI=1S/C23H28N6O2S2/c1-12-20(33-21(26-12)13(2)30)18-11-32-23(27-18)28-19-7-6-14(10-25-19)22(31)29-16-4-3-5-17(29)9-15(24)8-16/h6-7,10-11,13,15-17,30H,3-5,8-9,24H2,1-2H3,(H,25,27,28)/t13?,15?,16-,17+. The zero-order valence-corrected chi connectivity index (χ0v) is 20.3. The van der Waals surface area contributed by atoms with Crippen molar-refractivity contribution in [1.82, 2.24) is 19.9 Å². The van der Waals surface area contributed by atoms with Crippen LogP contribution >= 0.6 is 22.7 Å². The van der Waals surface area contributed by atoms with Gasteiger partial charge >= 0.3 is 0 Å². The van der Waals surface area contributed by atoms with Crippen molar-refractivity contribution < 1.29 is 9.90 Å². The van der Waals surface area contributed by atoms with Crippen LogP contribution in [-0.2, 0) is 0 Å². The van der Waals surface area contributed by atoms with Crippen LogP contribution in [0.3, 0.4) is 0 Å². The number of fused-ring (bicyclic) bond motifs is 2. The van der Waals surface area contributed by atoms with Gasteiger partial charge in [0, 0.05) is 29.7 Å². The van der Waals surface area contributed by atoms with Gasteiger partial charge in [0.2, 0.25) is 0 Å². The van der Waals surface area contributed by atoms with Gasteiger partial charge in [-0.15, -0.1) is 22.7 Å². The number of thiazole rings is 2. The van der Waals surface area contributed by atoms with E-state index in [1.54, 1.807) is 13.1 Å². The number of hydrogen-bond donors (Lipinski definition) is 3. The normalized spacial score (nSPS) is 23.4. The van der Waals surface area contributed by atoms with Crippen molar-refractivity contribution in [2.75, 3.05) is 5.32 Å². The van der Waals surface area contributed by atoms with Crippen LogP contribution < -0.4 is 11.1 Å². The van der Waals surface area contributed by atoms with Gasteiger partial charge in [-0.2, -0.15) is 0 Å². The lowest BCUT2D eigenvalue weighted by atomic mass is 9.81. The molecular weight excluding hydrogens is 456 g/mol. The topological polar surface area (TPSA) is 117 Å². The molecule has 3 aromatic rings. The monoisotopic (exact) mass is 484 g/mol. The van der Waals surface area contributed by atoms with Gasteiger partial charge in [0.25, 0.3) is 5.91 Å². The van der Waals surface area contributed by atoms with Crippen LogP contribution in [0.1, 0.15) is 66.2 Å². The van der Waals surface area contributed by atoms with Crippen molar-refractivity contribution in [3.63, 3.8) is 0 Å². The molecule has 2 fully saturated rings. The van der Waals surface area contributed by atoms with Crippen molar-refractivity contribution in [2.45, 2.75) is 70.2 Å². The van der Waals surface area contributed by atoms with Crippen LogP contribution in [0.2, 0.25) is 0 Å². The zero-order chi connectivity index (χ0) is 23.1. The molecule has 174 valence electrons. The number of aliphatic hydroxyl groups is 1. The van der Waals surface area contributed by atoms with Gasteiger partial charge in [-0.3, -0.25) is 4.79 Å². The molecule has 4 N–H and O–H groups in total. The number of aryl methyl sites for hydroxylation is 1. The maximum Gasteiger partial charge on any atom is 0.255 e. The third-order valence-electron chi connectivity index (χ3n) is 6.40. The van der Waals surface area contributed by atoms with E-state index in [0.717, 1.165) is 41.9 Å². The van der Waals surface area contributed by atoms with Crippen molar-refractivity contribution in [3.05, 3.63) is 40.0 Å². The summed E-state index contributed by atoms with van der Waals surface area (Å²) in [6, 6.07) is 4.35. The number of nitrogens with two attached hydrogens (primary N) is 1. The Labute approximate surface area is 200 Å². The molecule has 5 rings (SSSR count). The first-order valence-electron chi connectivity index (χ1n) is 11.3. The maximum absolute atomic E-state index is 13.2. The molecule has 33 heavy (non-hydrogen) atoms. The highest BCUT2D eigenvalue weighted by molar-refractivity contribution is 7.17. The molecule has 2 bridgehead atoms. The number of nitrogens with one attached hydrogen (secondary N) is 1. The zero-order valence-electron chi connectivity index (χ0n) is 18.7. The van der Waals surface area contributed by atoms with Gasteiger partial charge in [0.05, 0.1) is 21.8 Å². The molecule has 8 nitrogen and oxygen atoms in total. The van der Waals surface area contributed by atoms with Crippen LogP contribution in [0.25, 0.3) is 10.6 Å². The molecule has 2 unspecified atom stereocenters. The Balaban J connectivity index is 1.28. The fourth-order valence-corrected chi connectivity index (χ4v) is 6.62. The van der Waals surface area contributed by atoms with E-state index in [0.29, 0.717) is 21.5 Å². The second kappa shape index (κ2) is 9.09. The summed E-state index contributed by atoms with van der Waals surface area (Å²) in [7, 11) is 0. The molecule has 3 aromatic heterocycles. The highest BCUT2D eigenvalue weighted by atomic mass is 32.1. The van der Waals surface area contributed by atoms with Crippen molar-refractivity contribution in [1.29, 1.82) is 0 Å². The second-order valence-corrected chi connectivity index (χ2v) is 10.8. The fraction of sp³-hybridized carbons (Fsp3) is 0.478. The lowest BCUT2D eigenvalue weighted by Crippen LogP contribution is -2.57. The van der Waals surface area contributed by atoms with E-state index < -0.39 is 6.10 Å². The number of pyridine rings is 1. The Kier molecular flexibility index (Phi) is 6.17. The number of aliphatic hydroxyl groups excluding tert-OH is 1. The molecule has 5 heterocycles. The van der Waals surface area contributed by atoms with Crippen LogP contribution in [0.4, 0.5) is 10.9 Å². The first-order chi connectivity index (χ1) is 15.9. The number of piperidine rings is 2. The summed E-state index contributed by atoms with van der Waals surface area (Å²) in [6.07, 6.45) is 6.07. The highest BCUT2D eigenvalue weighted by Crippen LogP contribution is 2.36. The van der Waals surface area contributed by atoms with Crippen LogP contribution in [0.5, 0.6) is 0 Å². The van der Waals surface area contributed by atoms with Crippen molar-refractivity contribution in [3.8, 4) is 10.6 Å². The van der Waals surface area contributed by atoms with E-state index >= 15 is 0 Å². The van der Waals surface area contributed by atoms with E-state index in [9.17, 15) is 9.90 Å². The third kappa shape index (κ3) is 4.52. The number of aromatic nitrogens is 3. The van der Waals surface area contributed by atoms with E-state index in [1.807, 2.05) is 24.4 Å². The van der Waals surface area contributed by atoms with Gasteiger partial charge in [-0.25, -0.2) is 15.0 Å². The summed E-state index contributed by atoms with van der Waals surface area (Å²) < 4.78 is 0. The minimum Gasteiger partial charge on any atom is -0.386 e. The molecule has 2 aliphatic heterocycles. The minimum absolute atomic E-state index is 0.0572. The Morgan fingerprint density at radius 3 is 2.67 bits per heavy atom. The molecule has 4 atom stereocenters. The van der Waals surface area contributed by atoms with Gasteiger partial charge < -0.3 is 21.1 Å². The number of carbonyl (C=O) groups excluding carboxylic acids is 1. The first-order valence-corrected chi connectivity index (χ1v) is 13.0. The SMILES string of the molecule is Cc1nc(C(C)O)sc1-c1csc(Nc2ccc(C(=O)N3[C@@H]4CCC[C@H]3CC(N)C4)cn2)n1. The quantitative estimate of drug-likeness (QED) is 0.495. The molecule has 10 heteroatoms. The van der Waals surface area contributed by atoms with E-state index in [1.165, 1.54) is 29.1 Å². The van der Waals surface area contributed by atoms with Crippen LogP contribution in [0, 0.1) is 6.92 Å². The smallest absolute Gasteiger partial charge is 0.255 e. The van der Waals surface area contributed by atoms with Crippen molar-refractivity contribution >= 4 is 39.5 Å². The maximum atomic E-state index is 13.2.